The predicted octanol–water partition coefficient (Wildman–Crippen LogP) is 4.64. The maximum absolute atomic E-state index is 14.6. The number of rotatable bonds is 29. The second kappa shape index (κ2) is 34.2. The molecule has 12 amide bonds. The molecule has 4 saturated carbocycles. The molecular formula is C76H116N14O16. The number of pyridine rings is 2. The van der Waals surface area contributed by atoms with Crippen molar-refractivity contribution in [2.75, 3.05) is 14.2 Å². The molecule has 0 unspecified atom stereocenters. The van der Waals surface area contributed by atoms with E-state index in [4.69, 9.17) is 9.47 Å². The summed E-state index contributed by atoms with van der Waals surface area (Å²) in [5, 5.41) is 34.0. The zero-order valence-electron chi connectivity index (χ0n) is 65.3. The van der Waals surface area contributed by atoms with Crippen LogP contribution >= 0.6 is 0 Å². The minimum atomic E-state index is -1.64. The highest BCUT2D eigenvalue weighted by Gasteiger charge is 2.53. The Hall–Kier alpha value is -9.12. The van der Waals surface area contributed by atoms with Crippen LogP contribution in [0.4, 0.5) is 0 Å². The molecule has 0 saturated heterocycles. The third kappa shape index (κ3) is 20.7. The first kappa shape index (κ1) is 85.8. The van der Waals surface area contributed by atoms with Gasteiger partial charge in [-0.1, -0.05) is 105 Å². The van der Waals surface area contributed by atoms with Crippen molar-refractivity contribution in [1.82, 2.24) is 73.8 Å². The van der Waals surface area contributed by atoms with Crippen LogP contribution in [0.1, 0.15) is 260 Å². The van der Waals surface area contributed by atoms with E-state index in [1.165, 1.54) is 134 Å². The average Bonchev–Trinajstić information content (AvgIpc) is 0.765. The molecule has 4 aliphatic rings. The summed E-state index contributed by atoms with van der Waals surface area (Å²) in [6, 6.07) is 3.83. The van der Waals surface area contributed by atoms with E-state index in [0.717, 1.165) is 25.7 Å². The summed E-state index contributed by atoms with van der Waals surface area (Å²) in [7, 11) is 2.40. The number of esters is 2. The van der Waals surface area contributed by atoms with E-state index in [-0.39, 0.29) is 62.5 Å². The Balaban J connectivity index is 1.06. The molecular weight excluding hydrogens is 1360 g/mol. The molecule has 2 atom stereocenters. The van der Waals surface area contributed by atoms with E-state index in [2.05, 4.69) is 73.8 Å². The number of aromatic nitrogens is 2. The maximum atomic E-state index is 14.6. The highest BCUT2D eigenvalue weighted by Crippen LogP contribution is 2.35. The molecule has 586 valence electrons. The highest BCUT2D eigenvalue weighted by atomic mass is 16.5. The van der Waals surface area contributed by atoms with Gasteiger partial charge in [-0.3, -0.25) is 67.5 Å². The second-order valence-corrected chi connectivity index (χ2v) is 33.2. The van der Waals surface area contributed by atoms with E-state index in [0.29, 0.717) is 62.8 Å². The Morgan fingerprint density at radius 2 is 0.585 bits per heavy atom. The molecule has 0 bridgehead atoms. The number of carbonyl (C=O) groups excluding carboxylic acids is 14. The van der Waals surface area contributed by atoms with Crippen LogP contribution in [-0.4, -0.2) is 174 Å². The molecule has 6 rings (SSSR count). The van der Waals surface area contributed by atoms with Gasteiger partial charge in [0.15, 0.2) is 0 Å². The summed E-state index contributed by atoms with van der Waals surface area (Å²) < 4.78 is 9.69. The van der Waals surface area contributed by atoms with Gasteiger partial charge in [-0.05, 0) is 171 Å². The van der Waals surface area contributed by atoms with Gasteiger partial charge in [0, 0.05) is 12.4 Å². The van der Waals surface area contributed by atoms with Crippen molar-refractivity contribution >= 4 is 82.8 Å². The fourth-order valence-electron chi connectivity index (χ4n) is 13.9. The minimum absolute atomic E-state index is 0.0747. The Morgan fingerprint density at radius 1 is 0.340 bits per heavy atom. The zero-order chi connectivity index (χ0) is 79.4. The number of carbonyl (C=O) groups is 14. The van der Waals surface area contributed by atoms with Gasteiger partial charge in [-0.15, -0.1) is 0 Å². The molecule has 4 aliphatic carbocycles. The average molecular weight is 1480 g/mol. The predicted molar refractivity (Wildman–Crippen MR) is 393 cm³/mol. The van der Waals surface area contributed by atoms with Crippen LogP contribution in [0.2, 0.25) is 0 Å². The third-order valence-electron chi connectivity index (χ3n) is 21.0. The lowest BCUT2D eigenvalue weighted by atomic mass is 9.78. The standard InChI is InChI=1S/C76H116N14O16/c1-45(2)51(55(93)83-71(13,14)65(103)105-17)79-61(99)73(35-23-19-24-36-73)87-59(97)69(9,10)85-63(101)75(39-27-21-28-40-75)89-57(95)67(5,6)81-53(91)47-31-33-49(77-43-47)50-34-32-48(44-78-50)54(92)82-68(7,8)58(96)90-76(41-29-22-30-42-76)64(102)86-70(11,12)60(98)88-74(37-25-20-26-38-74)62(100)80-52(46(3)4)56(94)84-72(15,16)66(104)106-18/h31-34,43-46,51-52H,19-30,35-42H2,1-18H3,(H,79,99)(H,80,100)(H,81,91)(H,82,92)(H,83,93)(H,84,94)(H,85,101)(H,86,102)(H,87,97)(H,88,98)(H,89,95)(H,90,96)/t51-,52-/m0/s1. The molecule has 30 heteroatoms. The number of ether oxygens (including phenoxy) is 2. The number of hydrogen-bond donors (Lipinski definition) is 12. The lowest BCUT2D eigenvalue weighted by Crippen LogP contribution is -2.70. The highest BCUT2D eigenvalue weighted by molar-refractivity contribution is 6.05. The van der Waals surface area contributed by atoms with Crippen molar-refractivity contribution in [3.63, 3.8) is 0 Å². The van der Waals surface area contributed by atoms with Gasteiger partial charge in [0.1, 0.15) is 67.5 Å². The summed E-state index contributed by atoms with van der Waals surface area (Å²) in [4.78, 5) is 204. The van der Waals surface area contributed by atoms with E-state index in [1.807, 2.05) is 0 Å². The molecule has 30 nitrogen and oxygen atoms in total. The fraction of sp³-hybridized carbons (Fsp3) is 0.684. The molecule has 106 heavy (non-hydrogen) atoms. The summed E-state index contributed by atoms with van der Waals surface area (Å²) in [6.07, 6.45) is 12.3. The van der Waals surface area contributed by atoms with E-state index in [9.17, 15) is 67.1 Å². The normalized spacial score (nSPS) is 17.9. The van der Waals surface area contributed by atoms with Crippen molar-refractivity contribution in [1.29, 1.82) is 0 Å². The van der Waals surface area contributed by atoms with E-state index >= 15 is 0 Å². The van der Waals surface area contributed by atoms with Crippen molar-refractivity contribution in [2.24, 2.45) is 11.8 Å². The van der Waals surface area contributed by atoms with Gasteiger partial charge >= 0.3 is 11.9 Å². The summed E-state index contributed by atoms with van der Waals surface area (Å²) in [6.45, 7) is 24.8. The van der Waals surface area contributed by atoms with Crippen LogP contribution in [-0.2, 0) is 67.0 Å². The van der Waals surface area contributed by atoms with Crippen LogP contribution in [0, 0.1) is 11.8 Å². The summed E-state index contributed by atoms with van der Waals surface area (Å²) in [5.74, 6) is -9.94. The number of methoxy groups -OCH3 is 2. The molecule has 0 aliphatic heterocycles. The van der Waals surface area contributed by atoms with Crippen LogP contribution < -0.4 is 63.8 Å². The molecule has 2 heterocycles. The van der Waals surface area contributed by atoms with Crippen LogP contribution in [0.3, 0.4) is 0 Å². The Kier molecular flexibility index (Phi) is 27.7. The molecule has 12 N–H and O–H groups in total. The number of hydrogen-bond acceptors (Lipinski definition) is 18. The van der Waals surface area contributed by atoms with Gasteiger partial charge in [0.2, 0.25) is 59.1 Å². The van der Waals surface area contributed by atoms with Gasteiger partial charge in [0.05, 0.1) is 36.7 Å². The van der Waals surface area contributed by atoms with E-state index in [1.54, 1.807) is 27.7 Å². The van der Waals surface area contributed by atoms with Crippen LogP contribution in [0.15, 0.2) is 36.7 Å². The van der Waals surface area contributed by atoms with E-state index < -0.39 is 162 Å². The Morgan fingerprint density at radius 3 is 0.811 bits per heavy atom. The molecule has 0 spiro atoms. The third-order valence-corrected chi connectivity index (χ3v) is 21.0. The van der Waals surface area contributed by atoms with Gasteiger partial charge in [0.25, 0.3) is 11.8 Å². The number of nitrogens with zero attached hydrogens (tertiary/aromatic N) is 2. The minimum Gasteiger partial charge on any atom is -0.467 e. The van der Waals surface area contributed by atoms with Crippen molar-refractivity contribution in [3.8, 4) is 11.4 Å². The van der Waals surface area contributed by atoms with Crippen LogP contribution in [0.25, 0.3) is 11.4 Å². The topological polar surface area (TPSA) is 428 Å². The summed E-state index contributed by atoms with van der Waals surface area (Å²) >= 11 is 0. The Labute approximate surface area is 622 Å². The first-order valence-corrected chi connectivity index (χ1v) is 37.2. The zero-order valence-corrected chi connectivity index (χ0v) is 65.3. The van der Waals surface area contributed by atoms with Gasteiger partial charge in [-0.25, -0.2) is 9.59 Å². The molecule has 2 aromatic heterocycles. The second-order valence-electron chi connectivity index (χ2n) is 33.2. The molecule has 0 radical (unpaired) electrons. The van der Waals surface area contributed by atoms with Crippen molar-refractivity contribution in [3.05, 3.63) is 47.8 Å². The SMILES string of the molecule is COC(=O)C(C)(C)NC(=O)[C@@H](NC(=O)C1(NC(=O)C(C)(C)NC(=O)C2(NC(=O)C(C)(C)NC(=O)c3ccc(-c4ccc(C(=O)NC(C)(C)C(=O)NC5(C(=O)NC(C)(C)C(=O)NC6(C(=O)N[C@H](C(=O)NC(C)(C)C(=O)OC)C(C)C)CCCCC6)CCCCC5)cn4)nc3)CCCCC2)CCCCC1)C(C)C. The van der Waals surface area contributed by atoms with Crippen molar-refractivity contribution < 1.29 is 76.6 Å². The monoisotopic (exact) mass is 1480 g/mol. The van der Waals surface area contributed by atoms with Gasteiger partial charge in [-0.2, -0.15) is 0 Å². The van der Waals surface area contributed by atoms with Gasteiger partial charge < -0.3 is 73.3 Å². The maximum Gasteiger partial charge on any atom is 0.330 e. The molecule has 0 aromatic carbocycles. The largest absolute Gasteiger partial charge is 0.467 e. The number of nitrogens with one attached hydrogen (secondary N) is 12. The first-order chi connectivity index (χ1) is 49.2. The smallest absolute Gasteiger partial charge is 0.330 e. The molecule has 2 aromatic rings. The fourth-order valence-corrected chi connectivity index (χ4v) is 13.9. The van der Waals surface area contributed by atoms with Crippen LogP contribution in [0.5, 0.6) is 0 Å². The first-order valence-electron chi connectivity index (χ1n) is 37.2. The summed E-state index contributed by atoms with van der Waals surface area (Å²) in [5.41, 5.74) is -14.4. The van der Waals surface area contributed by atoms with Crippen molar-refractivity contribution in [2.45, 2.75) is 307 Å². The molecule has 4 fully saturated rings. The lowest BCUT2D eigenvalue weighted by Gasteiger charge is -2.42. The lowest BCUT2D eigenvalue weighted by molar-refractivity contribution is -0.150. The quantitative estimate of drug-likeness (QED) is 0.0493. The number of amides is 12. The Bertz CT molecular complexity index is 3380.